The zero-order valence-electron chi connectivity index (χ0n) is 16.6. The summed E-state index contributed by atoms with van der Waals surface area (Å²) in [6.07, 6.45) is 4.55. The van der Waals surface area contributed by atoms with Gasteiger partial charge in [-0.15, -0.1) is 0 Å². The highest BCUT2D eigenvalue weighted by Crippen LogP contribution is 2.21. The number of nitrogens with zero attached hydrogens (tertiary/aromatic N) is 1. The van der Waals surface area contributed by atoms with Crippen LogP contribution in [0.4, 0.5) is 11.4 Å². The molecule has 2 N–H and O–H groups in total. The maximum atomic E-state index is 12.3. The third-order valence-corrected chi connectivity index (χ3v) is 4.48. The molecule has 0 aliphatic heterocycles. The number of hydrogen-bond donors (Lipinski definition) is 2. The van der Waals surface area contributed by atoms with Crippen molar-refractivity contribution in [3.8, 4) is 5.75 Å². The summed E-state index contributed by atoms with van der Waals surface area (Å²) in [5, 5.41) is 16.4. The molecule has 0 fully saturated rings. The number of aryl methyl sites for hydroxylation is 1. The topological polar surface area (TPSA) is 93.5 Å². The number of hydrogen-bond acceptors (Lipinski definition) is 5. The minimum absolute atomic E-state index is 0.00400. The minimum atomic E-state index is -0.463. The number of benzene rings is 2. The first kappa shape index (κ1) is 22.3. The Bertz CT molecular complexity index is 869. The van der Waals surface area contributed by atoms with Crippen LogP contribution in [0, 0.1) is 17.0 Å². The summed E-state index contributed by atoms with van der Waals surface area (Å²) < 4.78 is 5.67. The van der Waals surface area contributed by atoms with Gasteiger partial charge in [-0.3, -0.25) is 20.2 Å². The van der Waals surface area contributed by atoms with Crippen molar-refractivity contribution in [3.05, 3.63) is 63.7 Å². The van der Waals surface area contributed by atoms with Crippen LogP contribution in [0.1, 0.15) is 48.5 Å². The maximum Gasteiger partial charge on any atom is 0.269 e. The van der Waals surface area contributed by atoms with E-state index in [0.29, 0.717) is 23.4 Å². The van der Waals surface area contributed by atoms with Crippen LogP contribution in [0.3, 0.4) is 0 Å². The van der Waals surface area contributed by atoms with E-state index in [1.165, 1.54) is 25.0 Å². The summed E-state index contributed by atoms with van der Waals surface area (Å²) in [4.78, 5) is 22.7. The molecule has 0 saturated heterocycles. The number of carbonyl (C=O) groups is 1. The summed E-state index contributed by atoms with van der Waals surface area (Å²) in [7, 11) is 0. The Morgan fingerprint density at radius 1 is 1.14 bits per heavy atom. The standard InChI is InChI=1S/C21H25N3O4S/c1-3-4-5-6-13-28-18-10-7-16(8-11-18)20(25)23-21(29)22-19-12-9-17(24(26)27)14-15(19)2/h7-12,14H,3-6,13H2,1-2H3,(H2,22,23,25,29). The number of rotatable bonds is 9. The normalized spacial score (nSPS) is 10.3. The highest BCUT2D eigenvalue weighted by Gasteiger charge is 2.11. The van der Waals surface area contributed by atoms with Gasteiger partial charge in [0.15, 0.2) is 5.11 Å². The molecule has 0 spiro atoms. The molecule has 0 aliphatic rings. The highest BCUT2D eigenvalue weighted by atomic mass is 32.1. The van der Waals surface area contributed by atoms with Gasteiger partial charge in [0.05, 0.1) is 11.5 Å². The molecule has 0 unspecified atom stereocenters. The Labute approximate surface area is 175 Å². The molecule has 1 amide bonds. The molecule has 8 heteroatoms. The number of nitro benzene ring substituents is 1. The van der Waals surface area contributed by atoms with E-state index in [2.05, 4.69) is 17.6 Å². The molecule has 2 rings (SSSR count). The number of thiocarbonyl (C=S) groups is 1. The average molecular weight is 416 g/mol. The molecule has 0 aliphatic carbocycles. The van der Waals surface area contributed by atoms with Crippen LogP contribution >= 0.6 is 12.2 Å². The molecule has 7 nitrogen and oxygen atoms in total. The van der Waals surface area contributed by atoms with E-state index in [1.54, 1.807) is 37.3 Å². The summed E-state index contributed by atoms with van der Waals surface area (Å²) in [6, 6.07) is 11.2. The van der Waals surface area contributed by atoms with E-state index in [4.69, 9.17) is 17.0 Å². The van der Waals surface area contributed by atoms with Crippen molar-refractivity contribution in [2.45, 2.75) is 39.5 Å². The highest BCUT2D eigenvalue weighted by molar-refractivity contribution is 7.80. The number of unbranched alkanes of at least 4 members (excludes halogenated alkanes) is 3. The number of amides is 1. The molecular formula is C21H25N3O4S. The monoisotopic (exact) mass is 415 g/mol. The van der Waals surface area contributed by atoms with E-state index >= 15 is 0 Å². The number of non-ortho nitro benzene ring substituents is 1. The molecule has 29 heavy (non-hydrogen) atoms. The Morgan fingerprint density at radius 2 is 1.86 bits per heavy atom. The van der Waals surface area contributed by atoms with Crippen molar-refractivity contribution in [1.29, 1.82) is 0 Å². The predicted molar refractivity (Wildman–Crippen MR) is 118 cm³/mol. The third kappa shape index (κ3) is 7.15. The number of anilines is 1. The lowest BCUT2D eigenvalue weighted by Gasteiger charge is -2.12. The van der Waals surface area contributed by atoms with E-state index < -0.39 is 4.92 Å². The number of nitro groups is 1. The maximum absolute atomic E-state index is 12.3. The predicted octanol–water partition coefficient (Wildman–Crippen LogP) is 4.99. The smallest absolute Gasteiger partial charge is 0.269 e. The number of nitrogens with one attached hydrogen (secondary N) is 2. The Balaban J connectivity index is 1.86. The van der Waals surface area contributed by atoms with Crippen LogP contribution in [0.25, 0.3) is 0 Å². The quantitative estimate of drug-likeness (QED) is 0.259. The van der Waals surface area contributed by atoms with E-state index in [-0.39, 0.29) is 16.7 Å². The van der Waals surface area contributed by atoms with Gasteiger partial charge in [-0.1, -0.05) is 26.2 Å². The zero-order chi connectivity index (χ0) is 21.2. The van der Waals surface area contributed by atoms with Gasteiger partial charge in [-0.05, 0) is 61.5 Å². The minimum Gasteiger partial charge on any atom is -0.494 e. The second-order valence-corrected chi connectivity index (χ2v) is 7.01. The van der Waals surface area contributed by atoms with Gasteiger partial charge in [-0.25, -0.2) is 0 Å². The van der Waals surface area contributed by atoms with Gasteiger partial charge in [0.1, 0.15) is 5.75 Å². The van der Waals surface area contributed by atoms with Crippen molar-refractivity contribution in [3.63, 3.8) is 0 Å². The molecule has 2 aromatic carbocycles. The van der Waals surface area contributed by atoms with Crippen LogP contribution in [0.2, 0.25) is 0 Å². The Hall–Kier alpha value is -3.00. The molecule has 154 valence electrons. The summed E-state index contributed by atoms with van der Waals surface area (Å²) in [6.45, 7) is 4.55. The molecule has 0 saturated carbocycles. The molecular weight excluding hydrogens is 390 g/mol. The zero-order valence-corrected chi connectivity index (χ0v) is 17.4. The molecule has 0 heterocycles. The fourth-order valence-corrected chi connectivity index (χ4v) is 2.85. The SMILES string of the molecule is CCCCCCOc1ccc(C(=O)NC(=S)Nc2ccc([N+](=O)[O-])cc2C)cc1. The molecule has 0 aromatic heterocycles. The summed E-state index contributed by atoms with van der Waals surface area (Å²) >= 11 is 5.17. The van der Waals surface area contributed by atoms with Gasteiger partial charge < -0.3 is 10.1 Å². The lowest BCUT2D eigenvalue weighted by molar-refractivity contribution is -0.384. The van der Waals surface area contributed by atoms with E-state index in [9.17, 15) is 14.9 Å². The van der Waals surface area contributed by atoms with Gasteiger partial charge in [-0.2, -0.15) is 0 Å². The van der Waals surface area contributed by atoms with Crippen LogP contribution < -0.4 is 15.4 Å². The first-order valence-corrected chi connectivity index (χ1v) is 9.91. The molecule has 0 radical (unpaired) electrons. The van der Waals surface area contributed by atoms with Crippen LogP contribution in [-0.2, 0) is 0 Å². The number of ether oxygens (including phenoxy) is 1. The number of carbonyl (C=O) groups excluding carboxylic acids is 1. The summed E-state index contributed by atoms with van der Waals surface area (Å²) in [5.41, 5.74) is 1.69. The van der Waals surface area contributed by atoms with Crippen LogP contribution in [0.15, 0.2) is 42.5 Å². The van der Waals surface area contributed by atoms with Crippen molar-refractivity contribution in [2.75, 3.05) is 11.9 Å². The first-order chi connectivity index (χ1) is 13.9. The summed E-state index contributed by atoms with van der Waals surface area (Å²) in [5.74, 6) is 0.372. The van der Waals surface area contributed by atoms with Crippen molar-refractivity contribution < 1.29 is 14.5 Å². The van der Waals surface area contributed by atoms with Crippen LogP contribution in [0.5, 0.6) is 5.75 Å². The van der Waals surface area contributed by atoms with Crippen molar-refractivity contribution in [1.82, 2.24) is 5.32 Å². The molecule has 0 atom stereocenters. The van der Waals surface area contributed by atoms with Crippen LogP contribution in [-0.4, -0.2) is 22.5 Å². The fourth-order valence-electron chi connectivity index (χ4n) is 2.65. The van der Waals surface area contributed by atoms with Gasteiger partial charge in [0, 0.05) is 23.4 Å². The lowest BCUT2D eigenvalue weighted by Crippen LogP contribution is -2.34. The van der Waals surface area contributed by atoms with Gasteiger partial charge in [0.2, 0.25) is 0 Å². The van der Waals surface area contributed by atoms with Gasteiger partial charge in [0.25, 0.3) is 11.6 Å². The molecule has 0 bridgehead atoms. The first-order valence-electron chi connectivity index (χ1n) is 9.51. The van der Waals surface area contributed by atoms with E-state index in [0.717, 1.165) is 18.6 Å². The second-order valence-electron chi connectivity index (χ2n) is 6.60. The fraction of sp³-hybridized carbons (Fsp3) is 0.333. The van der Waals surface area contributed by atoms with Crippen molar-refractivity contribution >= 4 is 34.6 Å². The van der Waals surface area contributed by atoms with E-state index in [1.807, 2.05) is 0 Å². The van der Waals surface area contributed by atoms with Gasteiger partial charge >= 0.3 is 0 Å². The Kier molecular flexibility index (Phi) is 8.54. The lowest BCUT2D eigenvalue weighted by atomic mass is 10.2. The third-order valence-electron chi connectivity index (χ3n) is 4.28. The van der Waals surface area contributed by atoms with Crippen molar-refractivity contribution in [2.24, 2.45) is 0 Å². The largest absolute Gasteiger partial charge is 0.494 e. The molecule has 2 aromatic rings. The average Bonchev–Trinajstić information content (AvgIpc) is 2.69. The Morgan fingerprint density at radius 3 is 2.48 bits per heavy atom. The second kappa shape index (κ2) is 11.1.